The number of furan rings is 1. The van der Waals surface area contributed by atoms with Crippen LogP contribution in [0.15, 0.2) is 21.2 Å². The topological polar surface area (TPSA) is 77.5 Å². The van der Waals surface area contributed by atoms with E-state index >= 15 is 0 Å². The van der Waals surface area contributed by atoms with E-state index in [0.29, 0.717) is 17.0 Å². The first-order valence-corrected chi connectivity index (χ1v) is 6.74. The maximum absolute atomic E-state index is 11.7. The summed E-state index contributed by atoms with van der Waals surface area (Å²) in [7, 11) is 0. The molecular weight excluding hydrogens is 300 g/mol. The lowest BCUT2D eigenvalue weighted by Gasteiger charge is -2.26. The lowest BCUT2D eigenvalue weighted by molar-refractivity contribution is -0.125. The fraction of sp³-hybridized carbons (Fsp3) is 0.583. The molecule has 0 radical (unpaired) electrons. The third-order valence-corrected chi connectivity index (χ3v) is 3.69. The van der Waals surface area contributed by atoms with Crippen molar-refractivity contribution in [2.75, 3.05) is 13.2 Å². The fourth-order valence-corrected chi connectivity index (χ4v) is 2.31. The second kappa shape index (κ2) is 5.42. The van der Waals surface area contributed by atoms with E-state index in [4.69, 9.17) is 14.9 Å². The van der Waals surface area contributed by atoms with Gasteiger partial charge in [0, 0.05) is 13.2 Å². The van der Waals surface area contributed by atoms with E-state index in [1.54, 1.807) is 19.1 Å². The Bertz CT molecular complexity index is 429. The van der Waals surface area contributed by atoms with E-state index in [9.17, 15) is 4.79 Å². The van der Waals surface area contributed by atoms with Gasteiger partial charge >= 0.3 is 0 Å². The van der Waals surface area contributed by atoms with Crippen LogP contribution in [0.25, 0.3) is 0 Å². The third-order valence-electron chi connectivity index (χ3n) is 3.27. The van der Waals surface area contributed by atoms with Gasteiger partial charge in [-0.3, -0.25) is 10.1 Å². The largest absolute Gasteiger partial charge is 0.452 e. The number of rotatable bonds is 5. The Labute approximate surface area is 114 Å². The highest BCUT2D eigenvalue weighted by atomic mass is 79.9. The van der Waals surface area contributed by atoms with Gasteiger partial charge in [0.15, 0.2) is 10.2 Å². The summed E-state index contributed by atoms with van der Waals surface area (Å²) < 4.78 is 11.5. The predicted molar refractivity (Wildman–Crippen MR) is 69.9 cm³/mol. The van der Waals surface area contributed by atoms with Crippen LogP contribution < -0.4 is 11.1 Å². The molecule has 2 unspecified atom stereocenters. The number of ether oxygens (including phenoxy) is 1. The van der Waals surface area contributed by atoms with Gasteiger partial charge in [-0.25, -0.2) is 0 Å². The van der Waals surface area contributed by atoms with E-state index in [1.165, 1.54) is 0 Å². The molecule has 1 aromatic rings. The van der Waals surface area contributed by atoms with Crippen molar-refractivity contribution in [2.24, 2.45) is 5.73 Å². The highest BCUT2D eigenvalue weighted by molar-refractivity contribution is 9.10. The molecule has 0 aromatic carbocycles. The van der Waals surface area contributed by atoms with Crippen molar-refractivity contribution in [3.05, 3.63) is 22.6 Å². The lowest BCUT2D eigenvalue weighted by Crippen LogP contribution is -2.52. The number of carbonyl (C=O) groups excluding carboxylic acids is 1. The van der Waals surface area contributed by atoms with Gasteiger partial charge in [0.25, 0.3) is 0 Å². The molecule has 2 heterocycles. The van der Waals surface area contributed by atoms with Crippen molar-refractivity contribution >= 4 is 21.8 Å². The number of carbonyl (C=O) groups is 1. The molecule has 0 spiro atoms. The number of hydrogen-bond acceptors (Lipinski definition) is 4. The number of primary amides is 1. The van der Waals surface area contributed by atoms with Crippen LogP contribution >= 0.6 is 15.9 Å². The lowest BCUT2D eigenvalue weighted by atomic mass is 9.97. The first-order chi connectivity index (χ1) is 8.52. The summed E-state index contributed by atoms with van der Waals surface area (Å²) in [6.45, 7) is 3.08. The van der Waals surface area contributed by atoms with Crippen molar-refractivity contribution in [3.8, 4) is 0 Å². The van der Waals surface area contributed by atoms with Crippen molar-refractivity contribution < 1.29 is 13.9 Å². The Kier molecular flexibility index (Phi) is 4.09. The molecule has 1 aliphatic rings. The van der Waals surface area contributed by atoms with Gasteiger partial charge in [-0.05, 0) is 47.8 Å². The number of amides is 1. The second-order valence-corrected chi connectivity index (χ2v) is 5.39. The fourth-order valence-electron chi connectivity index (χ4n) is 2.00. The number of halogens is 1. The van der Waals surface area contributed by atoms with Crippen molar-refractivity contribution in [3.63, 3.8) is 0 Å². The van der Waals surface area contributed by atoms with Crippen LogP contribution in [0.4, 0.5) is 0 Å². The van der Waals surface area contributed by atoms with Gasteiger partial charge in [0.05, 0.1) is 6.10 Å². The van der Waals surface area contributed by atoms with E-state index in [1.807, 2.05) is 0 Å². The number of nitrogens with one attached hydrogen (secondary N) is 1. The second-order valence-electron chi connectivity index (χ2n) is 4.61. The van der Waals surface area contributed by atoms with Crippen molar-refractivity contribution in [2.45, 2.75) is 31.4 Å². The molecule has 1 saturated heterocycles. The molecule has 2 atom stereocenters. The highest BCUT2D eigenvalue weighted by Gasteiger charge is 2.37. The van der Waals surface area contributed by atoms with Crippen LogP contribution in [0.3, 0.4) is 0 Å². The van der Waals surface area contributed by atoms with Crippen LogP contribution in [0, 0.1) is 0 Å². The summed E-state index contributed by atoms with van der Waals surface area (Å²) in [5, 5.41) is 3.15. The standard InChI is InChI=1S/C12H17BrN2O3/c1-12(11(14)16,9-4-5-10(13)18-9)15-7-8-3-2-6-17-8/h4-5,8,15H,2-3,6-7H2,1H3,(H2,14,16). The minimum absolute atomic E-state index is 0.141. The summed E-state index contributed by atoms with van der Waals surface area (Å²) in [4.78, 5) is 11.7. The molecule has 0 aliphatic carbocycles. The summed E-state index contributed by atoms with van der Waals surface area (Å²) in [6.07, 6.45) is 2.21. The van der Waals surface area contributed by atoms with Crippen LogP contribution in [0.1, 0.15) is 25.5 Å². The van der Waals surface area contributed by atoms with Gasteiger partial charge < -0.3 is 14.9 Å². The molecule has 1 amide bonds. The highest BCUT2D eigenvalue weighted by Crippen LogP contribution is 2.26. The first-order valence-electron chi connectivity index (χ1n) is 5.95. The Morgan fingerprint density at radius 3 is 2.94 bits per heavy atom. The Morgan fingerprint density at radius 2 is 2.44 bits per heavy atom. The molecule has 18 heavy (non-hydrogen) atoms. The molecule has 1 fully saturated rings. The minimum Gasteiger partial charge on any atom is -0.452 e. The average Bonchev–Trinajstić information content (AvgIpc) is 2.96. The molecule has 5 nitrogen and oxygen atoms in total. The van der Waals surface area contributed by atoms with E-state index < -0.39 is 11.4 Å². The molecule has 100 valence electrons. The van der Waals surface area contributed by atoms with Crippen LogP contribution in [0.5, 0.6) is 0 Å². The SMILES string of the molecule is CC(NCC1CCCO1)(C(N)=O)c1ccc(Br)o1. The Balaban J connectivity index is 2.08. The summed E-state index contributed by atoms with van der Waals surface area (Å²) >= 11 is 3.22. The van der Waals surface area contributed by atoms with Gasteiger partial charge in [0.1, 0.15) is 5.76 Å². The zero-order valence-electron chi connectivity index (χ0n) is 10.2. The number of nitrogens with two attached hydrogens (primary N) is 1. The molecule has 2 rings (SSSR count). The molecule has 1 aromatic heterocycles. The van der Waals surface area contributed by atoms with Crippen LogP contribution in [-0.4, -0.2) is 25.2 Å². The van der Waals surface area contributed by atoms with Gasteiger partial charge in [-0.1, -0.05) is 0 Å². The monoisotopic (exact) mass is 316 g/mol. The van der Waals surface area contributed by atoms with E-state index in [0.717, 1.165) is 19.4 Å². The van der Waals surface area contributed by atoms with Gasteiger partial charge in [-0.2, -0.15) is 0 Å². The molecule has 3 N–H and O–H groups in total. The summed E-state index contributed by atoms with van der Waals surface area (Å²) in [5.41, 5.74) is 4.46. The molecule has 0 bridgehead atoms. The Hall–Kier alpha value is -0.850. The third kappa shape index (κ3) is 2.76. The van der Waals surface area contributed by atoms with Gasteiger partial charge in [0.2, 0.25) is 5.91 Å². The maximum atomic E-state index is 11.7. The molecular formula is C12H17BrN2O3. The minimum atomic E-state index is -1.02. The zero-order valence-corrected chi connectivity index (χ0v) is 11.8. The van der Waals surface area contributed by atoms with E-state index in [2.05, 4.69) is 21.2 Å². The van der Waals surface area contributed by atoms with E-state index in [-0.39, 0.29) is 6.10 Å². The predicted octanol–water partition coefficient (Wildman–Crippen LogP) is 1.51. The van der Waals surface area contributed by atoms with Crippen LogP contribution in [-0.2, 0) is 15.1 Å². The summed E-state index contributed by atoms with van der Waals surface area (Å²) in [5.74, 6) is 0.0298. The van der Waals surface area contributed by atoms with Crippen molar-refractivity contribution in [1.82, 2.24) is 5.32 Å². The average molecular weight is 317 g/mol. The summed E-state index contributed by atoms with van der Waals surface area (Å²) in [6, 6.07) is 3.47. The normalized spacial score (nSPS) is 22.9. The quantitative estimate of drug-likeness (QED) is 0.863. The first kappa shape index (κ1) is 13.6. The Morgan fingerprint density at radius 1 is 1.67 bits per heavy atom. The van der Waals surface area contributed by atoms with Gasteiger partial charge in [-0.15, -0.1) is 0 Å². The van der Waals surface area contributed by atoms with Crippen LogP contribution in [0.2, 0.25) is 0 Å². The molecule has 1 aliphatic heterocycles. The molecule has 0 saturated carbocycles. The maximum Gasteiger partial charge on any atom is 0.245 e. The van der Waals surface area contributed by atoms with Crippen molar-refractivity contribution in [1.29, 1.82) is 0 Å². The molecule has 6 heteroatoms. The smallest absolute Gasteiger partial charge is 0.245 e. The number of hydrogen-bond donors (Lipinski definition) is 2. The zero-order chi connectivity index (χ0) is 13.2.